The molecule has 0 spiro atoms. The second-order valence-corrected chi connectivity index (χ2v) is 6.92. The van der Waals surface area contributed by atoms with Gasteiger partial charge >= 0.3 is 0 Å². The molecule has 3 N–H and O–H groups in total. The van der Waals surface area contributed by atoms with Crippen molar-refractivity contribution < 1.29 is 18.4 Å². The predicted octanol–water partition coefficient (Wildman–Crippen LogP) is 3.85. The van der Waals surface area contributed by atoms with Crippen LogP contribution in [0, 0.1) is 11.6 Å². The van der Waals surface area contributed by atoms with E-state index in [1.165, 1.54) is 25.2 Å². The zero-order chi connectivity index (χ0) is 21.3. The van der Waals surface area contributed by atoms with E-state index in [1.54, 1.807) is 36.4 Å². The van der Waals surface area contributed by atoms with E-state index in [-0.39, 0.29) is 41.8 Å². The van der Waals surface area contributed by atoms with Crippen LogP contribution in [-0.2, 0) is 13.1 Å². The molecule has 1 aliphatic heterocycles. The molecule has 5 nitrogen and oxygen atoms in total. The number of halogens is 2. The average molecular weight is 407 g/mol. The van der Waals surface area contributed by atoms with Crippen molar-refractivity contribution in [3.05, 3.63) is 88.5 Å². The Kier molecular flexibility index (Phi) is 5.18. The van der Waals surface area contributed by atoms with Gasteiger partial charge in [-0.2, -0.15) is 0 Å². The van der Waals surface area contributed by atoms with Crippen molar-refractivity contribution in [3.8, 4) is 11.1 Å². The van der Waals surface area contributed by atoms with Gasteiger partial charge < -0.3 is 16.0 Å². The quantitative estimate of drug-likeness (QED) is 0.602. The van der Waals surface area contributed by atoms with Crippen LogP contribution in [-0.4, -0.2) is 18.9 Å². The van der Waals surface area contributed by atoms with Crippen molar-refractivity contribution in [1.82, 2.24) is 10.6 Å². The van der Waals surface area contributed by atoms with Crippen LogP contribution in [0.2, 0.25) is 0 Å². The summed E-state index contributed by atoms with van der Waals surface area (Å²) >= 11 is 0. The number of hydrogen-bond acceptors (Lipinski definition) is 3. The summed E-state index contributed by atoms with van der Waals surface area (Å²) in [4.78, 5) is 24.3. The Morgan fingerprint density at radius 1 is 1.03 bits per heavy atom. The van der Waals surface area contributed by atoms with Gasteiger partial charge in [-0.05, 0) is 41.5 Å². The zero-order valence-electron chi connectivity index (χ0n) is 16.2. The summed E-state index contributed by atoms with van der Waals surface area (Å²) in [6.07, 6.45) is 0. The van der Waals surface area contributed by atoms with Gasteiger partial charge in [0.05, 0.1) is 11.1 Å². The van der Waals surface area contributed by atoms with Crippen molar-refractivity contribution >= 4 is 17.5 Å². The number of rotatable bonds is 5. The first-order chi connectivity index (χ1) is 14.5. The zero-order valence-corrected chi connectivity index (χ0v) is 16.2. The molecule has 152 valence electrons. The predicted molar refractivity (Wildman–Crippen MR) is 110 cm³/mol. The fourth-order valence-corrected chi connectivity index (χ4v) is 3.61. The van der Waals surface area contributed by atoms with E-state index >= 15 is 0 Å². The largest absolute Gasteiger partial charge is 0.381 e. The van der Waals surface area contributed by atoms with Crippen LogP contribution < -0.4 is 16.0 Å². The van der Waals surface area contributed by atoms with Gasteiger partial charge in [0.15, 0.2) is 0 Å². The van der Waals surface area contributed by atoms with Crippen LogP contribution in [0.3, 0.4) is 0 Å². The van der Waals surface area contributed by atoms with Gasteiger partial charge in [0, 0.05) is 37.0 Å². The smallest absolute Gasteiger partial charge is 0.252 e. The van der Waals surface area contributed by atoms with Gasteiger partial charge in [-0.1, -0.05) is 24.3 Å². The fraction of sp³-hybridized carbons (Fsp3) is 0.130. The van der Waals surface area contributed by atoms with E-state index in [4.69, 9.17) is 0 Å². The van der Waals surface area contributed by atoms with E-state index < -0.39 is 5.82 Å². The molecule has 4 rings (SSSR count). The highest BCUT2D eigenvalue weighted by Gasteiger charge is 2.28. The summed E-state index contributed by atoms with van der Waals surface area (Å²) in [5.41, 5.74) is 2.98. The summed E-state index contributed by atoms with van der Waals surface area (Å²) in [6, 6.07) is 14.2. The van der Waals surface area contributed by atoms with Crippen LogP contribution in [0.4, 0.5) is 14.5 Å². The summed E-state index contributed by atoms with van der Waals surface area (Å²) in [7, 11) is 1.49. The molecular formula is C23H19F2N3O2. The Labute approximate surface area is 172 Å². The molecule has 2 amide bonds. The second kappa shape index (κ2) is 7.94. The van der Waals surface area contributed by atoms with E-state index in [0.29, 0.717) is 27.9 Å². The number of hydrogen-bond donors (Lipinski definition) is 3. The molecule has 7 heteroatoms. The molecule has 0 aliphatic carbocycles. The fourth-order valence-electron chi connectivity index (χ4n) is 3.61. The lowest BCUT2D eigenvalue weighted by atomic mass is 9.92. The van der Waals surface area contributed by atoms with E-state index in [9.17, 15) is 18.4 Å². The minimum absolute atomic E-state index is 0.222. The number of carbonyl (C=O) groups is 2. The van der Waals surface area contributed by atoms with Gasteiger partial charge in [-0.15, -0.1) is 0 Å². The van der Waals surface area contributed by atoms with Crippen LogP contribution in [0.15, 0.2) is 54.6 Å². The van der Waals surface area contributed by atoms with E-state index in [1.807, 2.05) is 0 Å². The summed E-state index contributed by atoms with van der Waals surface area (Å²) in [6.45, 7) is 0.446. The SMILES string of the molecule is CNC(=O)c1ccc(-c2ccc(NCc3ccccc3F)cc2F)c2c1C(=O)NC2. The van der Waals surface area contributed by atoms with Crippen LogP contribution in [0.5, 0.6) is 0 Å². The Balaban J connectivity index is 1.65. The van der Waals surface area contributed by atoms with Crippen molar-refractivity contribution in [3.63, 3.8) is 0 Å². The molecule has 0 bridgehead atoms. The van der Waals surface area contributed by atoms with Crippen LogP contribution in [0.25, 0.3) is 11.1 Å². The van der Waals surface area contributed by atoms with E-state index in [0.717, 1.165) is 0 Å². The molecular weight excluding hydrogens is 388 g/mol. The van der Waals surface area contributed by atoms with E-state index in [2.05, 4.69) is 16.0 Å². The Bertz CT molecular complexity index is 1160. The standard InChI is InChI=1S/C23H19F2N3O2/c1-26-22(29)17-9-8-15(18-12-28-23(30)21(17)18)16-7-6-14(10-20(16)25)27-11-13-4-2-3-5-19(13)24/h2-10,27H,11-12H2,1H3,(H,26,29)(H,28,30). The molecule has 0 saturated carbocycles. The number of amides is 2. The van der Waals surface area contributed by atoms with Gasteiger partial charge in [-0.3, -0.25) is 9.59 Å². The van der Waals surface area contributed by atoms with Gasteiger partial charge in [0.1, 0.15) is 11.6 Å². The maximum absolute atomic E-state index is 14.9. The average Bonchev–Trinajstić information content (AvgIpc) is 3.14. The van der Waals surface area contributed by atoms with Gasteiger partial charge in [0.2, 0.25) is 0 Å². The maximum atomic E-state index is 14.9. The Morgan fingerprint density at radius 2 is 1.80 bits per heavy atom. The minimum atomic E-state index is -0.484. The van der Waals surface area contributed by atoms with Crippen molar-refractivity contribution in [2.24, 2.45) is 0 Å². The molecule has 1 heterocycles. The minimum Gasteiger partial charge on any atom is -0.381 e. The molecule has 3 aromatic carbocycles. The first-order valence-corrected chi connectivity index (χ1v) is 9.43. The lowest BCUT2D eigenvalue weighted by molar-refractivity contribution is 0.0932. The van der Waals surface area contributed by atoms with Crippen molar-refractivity contribution in [2.45, 2.75) is 13.1 Å². The highest BCUT2D eigenvalue weighted by atomic mass is 19.1. The molecule has 30 heavy (non-hydrogen) atoms. The third-order valence-electron chi connectivity index (χ3n) is 5.14. The molecule has 0 fully saturated rings. The first kappa shape index (κ1) is 19.6. The highest BCUT2D eigenvalue weighted by Crippen LogP contribution is 2.34. The maximum Gasteiger partial charge on any atom is 0.252 e. The normalized spacial score (nSPS) is 12.3. The number of anilines is 1. The molecule has 1 aliphatic rings. The Morgan fingerprint density at radius 3 is 2.53 bits per heavy atom. The molecule has 0 atom stereocenters. The highest BCUT2D eigenvalue weighted by molar-refractivity contribution is 6.11. The lowest BCUT2D eigenvalue weighted by Crippen LogP contribution is -2.22. The third-order valence-corrected chi connectivity index (χ3v) is 5.14. The monoisotopic (exact) mass is 407 g/mol. The van der Waals surface area contributed by atoms with Gasteiger partial charge in [0.25, 0.3) is 11.8 Å². The molecule has 0 radical (unpaired) electrons. The molecule has 3 aromatic rings. The molecule has 0 saturated heterocycles. The summed E-state index contributed by atoms with van der Waals surface area (Å²) < 4.78 is 28.7. The van der Waals surface area contributed by atoms with Crippen molar-refractivity contribution in [1.29, 1.82) is 0 Å². The number of nitrogens with one attached hydrogen (secondary N) is 3. The number of benzene rings is 3. The van der Waals surface area contributed by atoms with Crippen LogP contribution in [0.1, 0.15) is 31.8 Å². The number of carbonyl (C=O) groups excluding carboxylic acids is 2. The molecule has 0 aromatic heterocycles. The summed E-state index contributed by atoms with van der Waals surface area (Å²) in [5.74, 6) is -1.54. The third kappa shape index (κ3) is 3.50. The van der Waals surface area contributed by atoms with Crippen molar-refractivity contribution in [2.75, 3.05) is 12.4 Å². The second-order valence-electron chi connectivity index (χ2n) is 6.92. The topological polar surface area (TPSA) is 70.2 Å². The summed E-state index contributed by atoms with van der Waals surface area (Å²) in [5, 5.41) is 8.23. The van der Waals surface area contributed by atoms with Crippen LogP contribution >= 0.6 is 0 Å². The lowest BCUT2D eigenvalue weighted by Gasteiger charge is -2.13. The Hall–Kier alpha value is -3.74. The molecule has 0 unspecified atom stereocenters. The van der Waals surface area contributed by atoms with Gasteiger partial charge in [-0.25, -0.2) is 8.78 Å². The first-order valence-electron chi connectivity index (χ1n) is 9.43. The number of fused-ring (bicyclic) bond motifs is 1.